The maximum absolute atomic E-state index is 12.3. The molecule has 126 valence electrons. The second-order valence-corrected chi connectivity index (χ2v) is 7.00. The molecule has 1 aromatic heterocycles. The normalized spacial score (nSPS) is 15.5. The summed E-state index contributed by atoms with van der Waals surface area (Å²) in [5.41, 5.74) is 1.29. The van der Waals surface area contributed by atoms with E-state index in [0.29, 0.717) is 24.5 Å². The number of morpholine rings is 1. The lowest BCUT2D eigenvalue weighted by Crippen LogP contribution is -2.41. The molecular formula is C16H17N3O4S. The van der Waals surface area contributed by atoms with Gasteiger partial charge in [-0.05, 0) is 36.4 Å². The second-order valence-electron chi connectivity index (χ2n) is 5.24. The third-order valence-electron chi connectivity index (χ3n) is 3.61. The van der Waals surface area contributed by atoms with Gasteiger partial charge in [0.05, 0.1) is 23.7 Å². The highest BCUT2D eigenvalue weighted by Gasteiger charge is 2.21. The Morgan fingerprint density at radius 3 is 2.62 bits per heavy atom. The smallest absolute Gasteiger partial charge is 0.253 e. The zero-order valence-corrected chi connectivity index (χ0v) is 13.7. The van der Waals surface area contributed by atoms with Gasteiger partial charge in [-0.2, -0.15) is 0 Å². The quantitative estimate of drug-likeness (QED) is 0.869. The largest absolute Gasteiger partial charge is 0.370 e. The van der Waals surface area contributed by atoms with Gasteiger partial charge in [-0.15, -0.1) is 0 Å². The maximum atomic E-state index is 12.3. The Bertz CT molecular complexity index is 807. The minimum atomic E-state index is -3.64. The van der Waals surface area contributed by atoms with Crippen molar-refractivity contribution < 1.29 is 17.9 Å². The number of amides is 1. The summed E-state index contributed by atoms with van der Waals surface area (Å²) < 4.78 is 32.2. The van der Waals surface area contributed by atoms with Crippen LogP contribution in [0.5, 0.6) is 0 Å². The van der Waals surface area contributed by atoms with Gasteiger partial charge in [0.15, 0.2) is 0 Å². The summed E-state index contributed by atoms with van der Waals surface area (Å²) in [7, 11) is -3.64. The van der Waals surface area contributed by atoms with E-state index in [9.17, 15) is 13.2 Å². The van der Waals surface area contributed by atoms with E-state index in [1.54, 1.807) is 41.4 Å². The molecule has 3 rings (SSSR count). The van der Waals surface area contributed by atoms with Crippen molar-refractivity contribution in [1.82, 2.24) is 9.71 Å². The number of rotatable bonds is 5. The molecule has 2 aromatic rings. The third-order valence-corrected chi connectivity index (χ3v) is 5.03. The second kappa shape index (κ2) is 7.08. The Labute approximate surface area is 140 Å². The average molecular weight is 347 g/mol. The monoisotopic (exact) mass is 347 g/mol. The number of benzene rings is 1. The van der Waals surface area contributed by atoms with Crippen LogP contribution in [0.4, 0.5) is 5.69 Å². The molecule has 0 spiro atoms. The Morgan fingerprint density at radius 1 is 1.17 bits per heavy atom. The van der Waals surface area contributed by atoms with E-state index in [1.165, 1.54) is 12.1 Å². The molecule has 1 amide bonds. The van der Waals surface area contributed by atoms with Crippen molar-refractivity contribution in [2.75, 3.05) is 24.7 Å². The predicted octanol–water partition coefficient (Wildman–Crippen LogP) is 0.923. The van der Waals surface area contributed by atoms with Gasteiger partial charge in [0.2, 0.25) is 10.0 Å². The van der Waals surface area contributed by atoms with Crippen LogP contribution >= 0.6 is 0 Å². The predicted molar refractivity (Wildman–Crippen MR) is 87.9 cm³/mol. The van der Waals surface area contributed by atoms with E-state index in [2.05, 4.69) is 9.71 Å². The fraction of sp³-hybridized carbons (Fsp3) is 0.250. The summed E-state index contributed by atoms with van der Waals surface area (Å²) in [5, 5.41) is 0. The van der Waals surface area contributed by atoms with Gasteiger partial charge < -0.3 is 9.64 Å². The van der Waals surface area contributed by atoms with Crippen LogP contribution in [0.25, 0.3) is 0 Å². The van der Waals surface area contributed by atoms with Crippen molar-refractivity contribution in [3.63, 3.8) is 0 Å². The number of pyridine rings is 1. The fourth-order valence-electron chi connectivity index (χ4n) is 2.35. The molecule has 0 bridgehead atoms. The van der Waals surface area contributed by atoms with Gasteiger partial charge in [0.1, 0.15) is 6.61 Å². The molecule has 7 nitrogen and oxygen atoms in total. The minimum Gasteiger partial charge on any atom is -0.370 e. The van der Waals surface area contributed by atoms with E-state index in [1.807, 2.05) is 0 Å². The summed E-state index contributed by atoms with van der Waals surface area (Å²) in [4.78, 5) is 17.6. The number of ether oxygens (including phenoxy) is 1. The molecule has 1 aromatic carbocycles. The molecule has 0 radical (unpaired) electrons. The number of carbonyl (C=O) groups excluding carboxylic acids is 1. The number of hydrogen-bond acceptors (Lipinski definition) is 5. The number of aromatic nitrogens is 1. The van der Waals surface area contributed by atoms with Crippen molar-refractivity contribution in [2.45, 2.75) is 11.4 Å². The van der Waals surface area contributed by atoms with Crippen LogP contribution in [-0.4, -0.2) is 39.1 Å². The molecule has 1 aliphatic rings. The molecule has 1 aliphatic heterocycles. The van der Waals surface area contributed by atoms with Crippen molar-refractivity contribution in [3.8, 4) is 0 Å². The topological polar surface area (TPSA) is 88.6 Å². The van der Waals surface area contributed by atoms with Gasteiger partial charge in [-0.1, -0.05) is 6.07 Å². The number of anilines is 1. The third kappa shape index (κ3) is 3.78. The van der Waals surface area contributed by atoms with E-state index < -0.39 is 10.0 Å². The summed E-state index contributed by atoms with van der Waals surface area (Å²) in [6.07, 6.45) is 1.61. The molecular weight excluding hydrogens is 330 g/mol. The van der Waals surface area contributed by atoms with Crippen LogP contribution in [-0.2, 0) is 26.1 Å². The van der Waals surface area contributed by atoms with Gasteiger partial charge in [-0.25, -0.2) is 13.1 Å². The lowest BCUT2D eigenvalue weighted by Gasteiger charge is -2.26. The number of nitrogens with zero attached hydrogens (tertiary/aromatic N) is 2. The van der Waals surface area contributed by atoms with Crippen LogP contribution in [0.3, 0.4) is 0 Å². The summed E-state index contributed by atoms with van der Waals surface area (Å²) in [6, 6.07) is 11.5. The first-order chi connectivity index (χ1) is 11.6. The minimum absolute atomic E-state index is 0.0473. The first-order valence-corrected chi connectivity index (χ1v) is 8.92. The van der Waals surface area contributed by atoms with Crippen molar-refractivity contribution >= 4 is 21.6 Å². The SMILES string of the molecule is O=C1COCCN1c1ccc(S(=O)(=O)NCc2ccccn2)cc1. The molecule has 8 heteroatoms. The standard InChI is InChI=1S/C16H17N3O4S/c20-16-12-23-10-9-19(16)14-4-6-15(7-5-14)24(21,22)18-11-13-3-1-2-8-17-13/h1-8,18H,9-12H2. The lowest BCUT2D eigenvalue weighted by atomic mass is 10.2. The Kier molecular flexibility index (Phi) is 4.89. The molecule has 1 saturated heterocycles. The molecule has 0 saturated carbocycles. The van der Waals surface area contributed by atoms with Crippen molar-refractivity contribution in [3.05, 3.63) is 54.4 Å². The maximum Gasteiger partial charge on any atom is 0.253 e. The molecule has 1 N–H and O–H groups in total. The molecule has 0 aliphatic carbocycles. The number of hydrogen-bond donors (Lipinski definition) is 1. The fourth-order valence-corrected chi connectivity index (χ4v) is 3.35. The van der Waals surface area contributed by atoms with Gasteiger partial charge in [0, 0.05) is 18.4 Å². The number of sulfonamides is 1. The average Bonchev–Trinajstić information content (AvgIpc) is 2.62. The van der Waals surface area contributed by atoms with E-state index in [4.69, 9.17) is 4.74 Å². The van der Waals surface area contributed by atoms with Crippen LogP contribution < -0.4 is 9.62 Å². The number of carbonyl (C=O) groups is 1. The van der Waals surface area contributed by atoms with Crippen LogP contribution in [0.2, 0.25) is 0 Å². The molecule has 2 heterocycles. The van der Waals surface area contributed by atoms with Crippen molar-refractivity contribution in [2.24, 2.45) is 0 Å². The summed E-state index contributed by atoms with van der Waals surface area (Å²) in [5.74, 6) is -0.134. The summed E-state index contributed by atoms with van der Waals surface area (Å²) in [6.45, 7) is 1.10. The van der Waals surface area contributed by atoms with Gasteiger partial charge in [0.25, 0.3) is 5.91 Å². The highest BCUT2D eigenvalue weighted by molar-refractivity contribution is 7.89. The van der Waals surface area contributed by atoms with Gasteiger partial charge in [-0.3, -0.25) is 9.78 Å². The first kappa shape index (κ1) is 16.6. The van der Waals surface area contributed by atoms with Crippen LogP contribution in [0, 0.1) is 0 Å². The van der Waals surface area contributed by atoms with Gasteiger partial charge >= 0.3 is 0 Å². The molecule has 0 atom stereocenters. The highest BCUT2D eigenvalue weighted by atomic mass is 32.2. The van der Waals surface area contributed by atoms with E-state index in [0.717, 1.165) is 0 Å². The van der Waals surface area contributed by atoms with Crippen LogP contribution in [0.1, 0.15) is 5.69 Å². The van der Waals surface area contributed by atoms with E-state index in [-0.39, 0.29) is 24.0 Å². The molecule has 0 unspecified atom stereocenters. The zero-order chi connectivity index (χ0) is 17.0. The highest BCUT2D eigenvalue weighted by Crippen LogP contribution is 2.19. The number of nitrogens with one attached hydrogen (secondary N) is 1. The van der Waals surface area contributed by atoms with Crippen LogP contribution in [0.15, 0.2) is 53.6 Å². The Hall–Kier alpha value is -2.29. The van der Waals surface area contributed by atoms with E-state index >= 15 is 0 Å². The molecule has 1 fully saturated rings. The zero-order valence-electron chi connectivity index (χ0n) is 12.9. The summed E-state index contributed by atoms with van der Waals surface area (Å²) >= 11 is 0. The molecule has 24 heavy (non-hydrogen) atoms. The first-order valence-electron chi connectivity index (χ1n) is 7.44. The Morgan fingerprint density at radius 2 is 1.96 bits per heavy atom. The lowest BCUT2D eigenvalue weighted by molar-refractivity contribution is -0.125. The van der Waals surface area contributed by atoms with Crippen molar-refractivity contribution in [1.29, 1.82) is 0 Å². The Balaban J connectivity index is 1.71.